The lowest BCUT2D eigenvalue weighted by Crippen LogP contribution is -2.36. The summed E-state index contributed by atoms with van der Waals surface area (Å²) in [4.78, 5) is 2.31. The predicted molar refractivity (Wildman–Crippen MR) is 56.0 cm³/mol. The number of ether oxygens (including phenoxy) is 1. The molecule has 1 radical (unpaired) electrons. The minimum atomic E-state index is 0.821. The molecule has 1 heterocycles. The largest absolute Gasteiger partial charge is 0.378 e. The van der Waals surface area contributed by atoms with E-state index >= 15 is 0 Å². The molecule has 1 aromatic rings. The smallest absolute Gasteiger partial charge is 0.0642 e. The first kappa shape index (κ1) is 9.03. The van der Waals surface area contributed by atoms with Gasteiger partial charge in [-0.3, -0.25) is 0 Å². The van der Waals surface area contributed by atoms with Gasteiger partial charge >= 0.3 is 0 Å². The Labute approximate surface area is 86.6 Å². The van der Waals surface area contributed by atoms with Gasteiger partial charge in [-0.2, -0.15) is 0 Å². The Kier molecular flexibility index (Phi) is 2.86. The molecule has 1 saturated heterocycles. The molecule has 0 unspecified atom stereocenters. The molecule has 0 spiro atoms. The number of nitrogens with zero attached hydrogens (tertiary/aromatic N) is 1. The lowest BCUT2D eigenvalue weighted by Gasteiger charge is -2.29. The second kappa shape index (κ2) is 4.11. The lowest BCUT2D eigenvalue weighted by molar-refractivity contribution is 0.122. The van der Waals surface area contributed by atoms with Gasteiger partial charge in [-0.25, -0.2) is 0 Å². The van der Waals surface area contributed by atoms with Gasteiger partial charge in [0.05, 0.1) is 18.9 Å². The average molecular weight is 241 g/mol. The molecule has 1 aliphatic heterocycles. The summed E-state index contributed by atoms with van der Waals surface area (Å²) in [6, 6.07) is 9.03. The highest BCUT2D eigenvalue weighted by molar-refractivity contribution is 9.10. The lowest BCUT2D eigenvalue weighted by atomic mass is 10.3. The number of anilines is 1. The van der Waals surface area contributed by atoms with E-state index in [0.717, 1.165) is 30.8 Å². The van der Waals surface area contributed by atoms with E-state index < -0.39 is 0 Å². The first-order valence-corrected chi connectivity index (χ1v) is 5.15. The van der Waals surface area contributed by atoms with Crippen LogP contribution in [-0.2, 0) is 4.74 Å². The third-order valence-corrected chi connectivity index (χ3v) is 2.81. The fraction of sp³-hybridized carbons (Fsp3) is 0.400. The topological polar surface area (TPSA) is 12.5 Å². The van der Waals surface area contributed by atoms with Crippen LogP contribution in [0.3, 0.4) is 0 Å². The van der Waals surface area contributed by atoms with Crippen molar-refractivity contribution in [1.82, 2.24) is 0 Å². The van der Waals surface area contributed by atoms with Crippen LogP contribution in [0, 0.1) is 6.07 Å². The van der Waals surface area contributed by atoms with Gasteiger partial charge in [0, 0.05) is 17.6 Å². The highest BCUT2D eigenvalue weighted by Gasteiger charge is 2.12. The molecule has 0 atom stereocenters. The van der Waals surface area contributed by atoms with E-state index in [1.54, 1.807) is 0 Å². The van der Waals surface area contributed by atoms with Crippen LogP contribution < -0.4 is 4.90 Å². The molecule has 13 heavy (non-hydrogen) atoms. The molecule has 0 saturated carbocycles. The maximum absolute atomic E-state index is 5.29. The minimum Gasteiger partial charge on any atom is -0.378 e. The summed E-state index contributed by atoms with van der Waals surface area (Å²) < 4.78 is 6.43. The number of benzene rings is 1. The van der Waals surface area contributed by atoms with Crippen molar-refractivity contribution in [3.05, 3.63) is 28.7 Å². The van der Waals surface area contributed by atoms with Crippen molar-refractivity contribution < 1.29 is 4.74 Å². The predicted octanol–water partition coefficient (Wildman–Crippen LogP) is 2.09. The molecule has 0 bridgehead atoms. The number of rotatable bonds is 1. The van der Waals surface area contributed by atoms with Gasteiger partial charge < -0.3 is 9.64 Å². The standard InChI is InChI=1S/C10H11BrNO/c11-9-3-1-2-4-10(9)12-5-7-13-8-6-12/h1,3-4H,5-8H2. The average Bonchev–Trinajstić information content (AvgIpc) is 2.20. The van der Waals surface area contributed by atoms with E-state index in [-0.39, 0.29) is 0 Å². The maximum atomic E-state index is 5.29. The SMILES string of the molecule is Brc1cc[c]cc1N1CCOCC1. The first-order chi connectivity index (χ1) is 6.38. The van der Waals surface area contributed by atoms with Crippen molar-refractivity contribution in [3.63, 3.8) is 0 Å². The van der Waals surface area contributed by atoms with E-state index in [1.165, 1.54) is 5.69 Å². The van der Waals surface area contributed by atoms with Crippen LogP contribution >= 0.6 is 15.9 Å². The molecule has 1 aliphatic rings. The monoisotopic (exact) mass is 240 g/mol. The minimum absolute atomic E-state index is 0.821. The molecule has 2 rings (SSSR count). The Hall–Kier alpha value is -0.540. The van der Waals surface area contributed by atoms with Crippen LogP contribution in [0.15, 0.2) is 22.7 Å². The molecule has 1 aromatic carbocycles. The van der Waals surface area contributed by atoms with Gasteiger partial charge in [0.2, 0.25) is 0 Å². The van der Waals surface area contributed by atoms with Crippen molar-refractivity contribution >= 4 is 21.6 Å². The highest BCUT2D eigenvalue weighted by Crippen LogP contribution is 2.25. The molecule has 2 nitrogen and oxygen atoms in total. The second-order valence-electron chi connectivity index (χ2n) is 2.98. The summed E-state index contributed by atoms with van der Waals surface area (Å²) in [5.41, 5.74) is 1.21. The zero-order valence-corrected chi connectivity index (χ0v) is 8.88. The summed E-state index contributed by atoms with van der Waals surface area (Å²) in [5.74, 6) is 0. The summed E-state index contributed by atoms with van der Waals surface area (Å²) in [6.45, 7) is 3.58. The molecule has 0 aliphatic carbocycles. The van der Waals surface area contributed by atoms with Gasteiger partial charge in [0.15, 0.2) is 0 Å². The quantitative estimate of drug-likeness (QED) is 0.746. The molecule has 0 N–H and O–H groups in total. The molecular formula is C10H11BrNO. The first-order valence-electron chi connectivity index (χ1n) is 4.36. The Bertz CT molecular complexity index is 284. The van der Waals surface area contributed by atoms with Gasteiger partial charge in [-0.05, 0) is 34.1 Å². The Morgan fingerprint density at radius 3 is 2.85 bits per heavy atom. The van der Waals surface area contributed by atoms with Crippen molar-refractivity contribution in [1.29, 1.82) is 0 Å². The van der Waals surface area contributed by atoms with Crippen LogP contribution in [0.1, 0.15) is 0 Å². The third kappa shape index (κ3) is 2.03. The number of hydrogen-bond acceptors (Lipinski definition) is 2. The number of morpholine rings is 1. The highest BCUT2D eigenvalue weighted by atomic mass is 79.9. The van der Waals surface area contributed by atoms with Gasteiger partial charge in [0.1, 0.15) is 0 Å². The zero-order valence-electron chi connectivity index (χ0n) is 7.29. The van der Waals surface area contributed by atoms with Crippen LogP contribution in [0.2, 0.25) is 0 Å². The van der Waals surface area contributed by atoms with Crippen LogP contribution in [0.5, 0.6) is 0 Å². The summed E-state index contributed by atoms with van der Waals surface area (Å²) in [7, 11) is 0. The number of halogens is 1. The molecule has 0 aromatic heterocycles. The van der Waals surface area contributed by atoms with Gasteiger partial charge in [-0.15, -0.1) is 0 Å². The Morgan fingerprint density at radius 1 is 1.38 bits per heavy atom. The van der Waals surface area contributed by atoms with Crippen LogP contribution in [0.4, 0.5) is 5.69 Å². The molecule has 3 heteroatoms. The van der Waals surface area contributed by atoms with Crippen LogP contribution in [0.25, 0.3) is 0 Å². The van der Waals surface area contributed by atoms with Gasteiger partial charge in [0.25, 0.3) is 0 Å². The summed E-state index contributed by atoms with van der Waals surface area (Å²) >= 11 is 3.53. The second-order valence-corrected chi connectivity index (χ2v) is 3.83. The maximum Gasteiger partial charge on any atom is 0.0642 e. The fourth-order valence-electron chi connectivity index (χ4n) is 1.45. The van der Waals surface area contributed by atoms with Gasteiger partial charge in [-0.1, -0.05) is 6.07 Å². The zero-order chi connectivity index (χ0) is 9.10. The molecule has 0 amide bonds. The van der Waals surface area contributed by atoms with Crippen molar-refractivity contribution in [3.8, 4) is 0 Å². The van der Waals surface area contributed by atoms with E-state index in [9.17, 15) is 0 Å². The summed E-state index contributed by atoms with van der Waals surface area (Å²) in [6.07, 6.45) is 0. The molecule has 69 valence electrons. The third-order valence-electron chi connectivity index (χ3n) is 2.14. The Balaban J connectivity index is 2.18. The normalized spacial score (nSPS) is 17.5. The van der Waals surface area contributed by atoms with Crippen molar-refractivity contribution in [2.24, 2.45) is 0 Å². The molecule has 1 fully saturated rings. The van der Waals surface area contributed by atoms with E-state index in [1.807, 2.05) is 18.2 Å². The van der Waals surface area contributed by atoms with E-state index in [4.69, 9.17) is 4.74 Å². The van der Waals surface area contributed by atoms with E-state index in [2.05, 4.69) is 26.9 Å². The fourth-order valence-corrected chi connectivity index (χ4v) is 1.95. The summed E-state index contributed by atoms with van der Waals surface area (Å²) in [5, 5.41) is 0. The number of hydrogen-bond donors (Lipinski definition) is 0. The Morgan fingerprint density at radius 2 is 2.15 bits per heavy atom. The molecular weight excluding hydrogens is 230 g/mol. The van der Waals surface area contributed by atoms with Crippen molar-refractivity contribution in [2.75, 3.05) is 31.2 Å². The van der Waals surface area contributed by atoms with Crippen molar-refractivity contribution in [2.45, 2.75) is 0 Å². The van der Waals surface area contributed by atoms with Crippen LogP contribution in [-0.4, -0.2) is 26.3 Å². The van der Waals surface area contributed by atoms with E-state index in [0.29, 0.717) is 0 Å².